The number of nitrogens with one attached hydrogen (secondary N) is 1. The van der Waals surface area contributed by atoms with Crippen LogP contribution in [-0.2, 0) is 20.7 Å². The van der Waals surface area contributed by atoms with Gasteiger partial charge in [-0.25, -0.2) is 9.37 Å². The van der Waals surface area contributed by atoms with E-state index in [1.54, 1.807) is 7.11 Å². The summed E-state index contributed by atoms with van der Waals surface area (Å²) in [6, 6.07) is 9.04. The molecule has 2 aromatic carbocycles. The smallest absolute Gasteiger partial charge is 0.338 e. The van der Waals surface area contributed by atoms with Crippen molar-refractivity contribution in [2.75, 3.05) is 48.6 Å². The number of benzene rings is 2. The maximum atomic E-state index is 13.4. The van der Waals surface area contributed by atoms with Crippen molar-refractivity contribution in [3.63, 3.8) is 0 Å². The summed E-state index contributed by atoms with van der Waals surface area (Å²) in [6.45, 7) is 1.47. The first-order valence-electron chi connectivity index (χ1n) is 14.4. The van der Waals surface area contributed by atoms with Gasteiger partial charge in [-0.1, -0.05) is 0 Å². The van der Waals surface area contributed by atoms with Gasteiger partial charge < -0.3 is 43.3 Å². The topological polar surface area (TPSA) is 131 Å². The van der Waals surface area contributed by atoms with Gasteiger partial charge in [-0.15, -0.1) is 0 Å². The molecule has 3 aromatic rings. The Balaban J connectivity index is 1.31. The van der Waals surface area contributed by atoms with Crippen molar-refractivity contribution in [2.24, 2.45) is 17.8 Å². The molecule has 1 fully saturated rings. The van der Waals surface area contributed by atoms with Crippen molar-refractivity contribution < 1.29 is 47.7 Å². The lowest BCUT2D eigenvalue weighted by Crippen LogP contribution is -2.59. The van der Waals surface area contributed by atoms with Crippen molar-refractivity contribution >= 4 is 28.6 Å². The highest BCUT2D eigenvalue weighted by atomic mass is 16.6. The second-order valence-corrected chi connectivity index (χ2v) is 11.3. The highest BCUT2D eigenvalue weighted by Crippen LogP contribution is 2.45. The number of aliphatic carboxylic acids is 1. The average Bonchev–Trinajstić information content (AvgIpc) is 3.40. The monoisotopic (exact) mass is 592 g/mol. The third-order valence-electron chi connectivity index (χ3n) is 9.32. The molecule has 1 aromatic heterocycles. The number of hydrogen-bond acceptors (Lipinski definition) is 9. The standard InChI is InChI=1S/C32H36N2O9/c1-38-18-6-7-19-20-8-9-34-15-17-12-26(43-32(37)16-10-24(39-2)29(41-4)25(11-16)40-3)30(42-5)27(31(35)36)21(17)14-23(34)28(20)33-22(19)13-18/h6-7,10-11,13,17,21,26-27,30H,8-9,12,14-15H2,1-5H3,(H,35,36)/t17-,21+,26-,27+,30+/m1/s1. The summed E-state index contributed by atoms with van der Waals surface area (Å²) in [5.41, 5.74) is 4.58. The van der Waals surface area contributed by atoms with Crippen molar-refractivity contribution in [3.8, 4) is 23.0 Å². The lowest BCUT2D eigenvalue weighted by molar-refractivity contribution is -0.546. The fraction of sp³-hybridized carbons (Fsp3) is 0.469. The molecule has 228 valence electrons. The highest BCUT2D eigenvalue weighted by molar-refractivity contribution is 6.04. The summed E-state index contributed by atoms with van der Waals surface area (Å²) in [5.74, 6) is -1.36. The Morgan fingerprint density at radius 3 is 2.35 bits per heavy atom. The molecule has 1 aliphatic carbocycles. The van der Waals surface area contributed by atoms with Crippen LogP contribution in [0.5, 0.6) is 23.0 Å². The summed E-state index contributed by atoms with van der Waals surface area (Å²) in [6.07, 6.45) is 0.215. The van der Waals surface area contributed by atoms with E-state index in [1.165, 1.54) is 46.1 Å². The predicted octanol–water partition coefficient (Wildman–Crippen LogP) is 2.21. The largest absolute Gasteiger partial charge is 0.550 e. The number of ether oxygens (including phenoxy) is 6. The molecule has 1 N–H and O–H groups in total. The summed E-state index contributed by atoms with van der Waals surface area (Å²) in [4.78, 5) is 29.7. The Hall–Kier alpha value is -4.25. The molecule has 2 aliphatic heterocycles. The van der Waals surface area contributed by atoms with E-state index >= 15 is 0 Å². The number of fused-ring (bicyclic) bond motifs is 5. The van der Waals surface area contributed by atoms with Gasteiger partial charge in [-0.2, -0.15) is 0 Å². The number of nitrogens with zero attached hydrogens (tertiary/aromatic N) is 1. The molecule has 0 unspecified atom stereocenters. The number of rotatable bonds is 8. The zero-order valence-corrected chi connectivity index (χ0v) is 24.9. The van der Waals surface area contributed by atoms with E-state index < -0.39 is 30.1 Å². The molecular weight excluding hydrogens is 556 g/mol. The first-order valence-corrected chi connectivity index (χ1v) is 14.4. The van der Waals surface area contributed by atoms with Crippen LogP contribution in [0.2, 0.25) is 0 Å². The van der Waals surface area contributed by atoms with E-state index in [4.69, 9.17) is 28.4 Å². The molecule has 11 nitrogen and oxygen atoms in total. The summed E-state index contributed by atoms with van der Waals surface area (Å²) >= 11 is 0. The van der Waals surface area contributed by atoms with Crippen LogP contribution in [0.1, 0.15) is 34.5 Å². The third kappa shape index (κ3) is 4.85. The Kier molecular flexibility index (Phi) is 7.68. The van der Waals surface area contributed by atoms with Gasteiger partial charge in [-0.3, -0.25) is 0 Å². The Morgan fingerprint density at radius 2 is 1.72 bits per heavy atom. The van der Waals surface area contributed by atoms with Crippen LogP contribution in [0.3, 0.4) is 0 Å². The zero-order chi connectivity index (χ0) is 30.4. The number of carboxylic acids is 1. The molecule has 0 saturated heterocycles. The fourth-order valence-corrected chi connectivity index (χ4v) is 7.35. The number of H-pyrrole nitrogens is 1. The van der Waals surface area contributed by atoms with Crippen molar-refractivity contribution in [1.82, 2.24) is 4.98 Å². The normalized spacial score (nSPS) is 24.4. The molecule has 0 bridgehead atoms. The first kappa shape index (κ1) is 28.9. The summed E-state index contributed by atoms with van der Waals surface area (Å²) < 4.78 is 35.6. The van der Waals surface area contributed by atoms with Crippen LogP contribution in [0.4, 0.5) is 0 Å². The quantitative estimate of drug-likeness (QED) is 0.309. The SMILES string of the molecule is COc1ccc2c3c([nH]c2c1)C1=[N+](CC3)C[C@H]2C[C@@H](OC(=O)c3cc(OC)c(OC)c(OC)c3)[C@H](OC)[C@@H](C(=O)[O-])[C@H]2C1. The van der Waals surface area contributed by atoms with E-state index in [-0.39, 0.29) is 17.4 Å². The molecule has 6 rings (SSSR count). The Bertz CT molecular complexity index is 1580. The van der Waals surface area contributed by atoms with Crippen LogP contribution in [0.25, 0.3) is 10.9 Å². The number of carbonyl (C=O) groups excluding carboxylic acids is 2. The van der Waals surface area contributed by atoms with Crippen LogP contribution in [0.15, 0.2) is 30.3 Å². The van der Waals surface area contributed by atoms with E-state index in [0.29, 0.717) is 36.6 Å². The van der Waals surface area contributed by atoms with Gasteiger partial charge in [0, 0.05) is 54.7 Å². The summed E-state index contributed by atoms with van der Waals surface area (Å²) in [5, 5.41) is 13.9. The molecule has 0 radical (unpaired) electrons. The van der Waals surface area contributed by atoms with Crippen LogP contribution in [-0.4, -0.2) is 88.1 Å². The molecular formula is C32H36N2O9. The lowest BCUT2D eigenvalue weighted by Gasteiger charge is -2.47. The molecule has 11 heteroatoms. The predicted molar refractivity (Wildman–Crippen MR) is 153 cm³/mol. The third-order valence-corrected chi connectivity index (χ3v) is 9.32. The molecule has 3 heterocycles. The molecule has 3 aliphatic rings. The number of aromatic nitrogens is 1. The minimum absolute atomic E-state index is 0.0400. The van der Waals surface area contributed by atoms with Crippen LogP contribution >= 0.6 is 0 Å². The first-order chi connectivity index (χ1) is 20.8. The van der Waals surface area contributed by atoms with Crippen molar-refractivity contribution in [1.29, 1.82) is 0 Å². The maximum absolute atomic E-state index is 13.4. The van der Waals surface area contributed by atoms with Crippen LogP contribution in [0, 0.1) is 17.8 Å². The van der Waals surface area contributed by atoms with E-state index in [0.717, 1.165) is 41.0 Å². The molecule has 0 spiro atoms. The Labute approximate surface area is 249 Å². The molecule has 5 atom stereocenters. The van der Waals surface area contributed by atoms with Gasteiger partial charge in [0.15, 0.2) is 17.2 Å². The second-order valence-electron chi connectivity index (χ2n) is 11.3. The van der Waals surface area contributed by atoms with Crippen molar-refractivity contribution in [2.45, 2.75) is 31.5 Å². The number of methoxy groups -OCH3 is 5. The minimum atomic E-state index is -1.21. The molecule has 1 saturated carbocycles. The summed E-state index contributed by atoms with van der Waals surface area (Å²) in [7, 11) is 7.50. The lowest BCUT2D eigenvalue weighted by atomic mass is 9.65. The second kappa shape index (κ2) is 11.4. The maximum Gasteiger partial charge on any atom is 0.338 e. The van der Waals surface area contributed by atoms with Gasteiger partial charge in [0.25, 0.3) is 0 Å². The van der Waals surface area contributed by atoms with Gasteiger partial charge >= 0.3 is 5.97 Å². The Morgan fingerprint density at radius 1 is 0.977 bits per heavy atom. The molecule has 43 heavy (non-hydrogen) atoms. The van der Waals surface area contributed by atoms with E-state index in [9.17, 15) is 14.7 Å². The number of esters is 1. The fourth-order valence-electron chi connectivity index (χ4n) is 7.35. The van der Waals surface area contributed by atoms with E-state index in [1.807, 2.05) is 12.1 Å². The minimum Gasteiger partial charge on any atom is -0.550 e. The number of carboxylic acid groups (broad SMARTS) is 1. The van der Waals surface area contributed by atoms with Crippen LogP contribution < -0.4 is 24.1 Å². The molecule has 0 amide bonds. The van der Waals surface area contributed by atoms with Gasteiger partial charge in [-0.05, 0) is 42.2 Å². The highest BCUT2D eigenvalue weighted by Gasteiger charge is 2.52. The van der Waals surface area contributed by atoms with Gasteiger partial charge in [0.1, 0.15) is 36.7 Å². The number of carbonyl (C=O) groups is 2. The zero-order valence-electron chi connectivity index (χ0n) is 24.9. The van der Waals surface area contributed by atoms with E-state index in [2.05, 4.69) is 15.6 Å². The number of hydrogen-bond donors (Lipinski definition) is 1. The van der Waals surface area contributed by atoms with Gasteiger partial charge in [0.2, 0.25) is 5.75 Å². The van der Waals surface area contributed by atoms with Crippen molar-refractivity contribution in [3.05, 3.63) is 47.2 Å². The average molecular weight is 593 g/mol. The number of aromatic amines is 1. The van der Waals surface area contributed by atoms with Gasteiger partial charge in [0.05, 0.1) is 34.0 Å².